The van der Waals surface area contributed by atoms with Crippen molar-refractivity contribution < 1.29 is 4.79 Å². The van der Waals surface area contributed by atoms with E-state index in [9.17, 15) is 4.79 Å². The Bertz CT molecular complexity index is 713. The lowest BCUT2D eigenvalue weighted by Crippen LogP contribution is -2.40. The van der Waals surface area contributed by atoms with Crippen molar-refractivity contribution in [2.45, 2.75) is 39.7 Å². The summed E-state index contributed by atoms with van der Waals surface area (Å²) in [7, 11) is 0. The number of nitrogens with zero attached hydrogens (tertiary/aromatic N) is 4. The lowest BCUT2D eigenvalue weighted by molar-refractivity contribution is 0.0695. The van der Waals surface area contributed by atoms with Crippen molar-refractivity contribution >= 4 is 16.9 Å². The summed E-state index contributed by atoms with van der Waals surface area (Å²) in [5.41, 5.74) is 8.09. The van der Waals surface area contributed by atoms with Crippen LogP contribution in [0.15, 0.2) is 12.3 Å². The lowest BCUT2D eigenvalue weighted by Gasteiger charge is -2.31. The fourth-order valence-electron chi connectivity index (χ4n) is 3.24. The van der Waals surface area contributed by atoms with Gasteiger partial charge >= 0.3 is 0 Å². The van der Waals surface area contributed by atoms with Gasteiger partial charge < -0.3 is 10.6 Å². The number of pyridine rings is 1. The predicted molar refractivity (Wildman–Crippen MR) is 90.3 cm³/mol. The quantitative estimate of drug-likeness (QED) is 0.941. The SMILES string of the molecule is Cc1cc(C(=O)N2CCC(CN)CC2)c2cnn(C(C)C)c2n1. The first-order valence-corrected chi connectivity index (χ1v) is 8.35. The summed E-state index contributed by atoms with van der Waals surface area (Å²) in [6.07, 6.45) is 3.74. The lowest BCUT2D eigenvalue weighted by atomic mass is 9.96. The number of piperidine rings is 1. The molecule has 3 heterocycles. The van der Waals surface area contributed by atoms with Crippen molar-refractivity contribution in [1.29, 1.82) is 0 Å². The number of fused-ring (bicyclic) bond motifs is 1. The van der Waals surface area contributed by atoms with Crippen molar-refractivity contribution in [2.24, 2.45) is 11.7 Å². The van der Waals surface area contributed by atoms with Crippen molar-refractivity contribution in [3.05, 3.63) is 23.5 Å². The smallest absolute Gasteiger partial charge is 0.254 e. The van der Waals surface area contributed by atoms with Crippen molar-refractivity contribution in [3.63, 3.8) is 0 Å². The van der Waals surface area contributed by atoms with E-state index in [0.717, 1.165) is 42.7 Å². The second-order valence-electron chi connectivity index (χ2n) is 6.70. The summed E-state index contributed by atoms with van der Waals surface area (Å²) in [4.78, 5) is 19.5. The number of carbonyl (C=O) groups is 1. The van der Waals surface area contributed by atoms with Gasteiger partial charge in [-0.1, -0.05) is 0 Å². The Kier molecular flexibility index (Phi) is 4.35. The Labute approximate surface area is 136 Å². The number of nitrogens with two attached hydrogens (primary N) is 1. The third kappa shape index (κ3) is 2.95. The molecule has 0 radical (unpaired) electrons. The van der Waals surface area contributed by atoms with E-state index in [0.29, 0.717) is 18.0 Å². The summed E-state index contributed by atoms with van der Waals surface area (Å²) in [6.45, 7) is 8.32. The second kappa shape index (κ2) is 6.28. The first kappa shape index (κ1) is 15.9. The highest BCUT2D eigenvalue weighted by Gasteiger charge is 2.25. The summed E-state index contributed by atoms with van der Waals surface area (Å²) in [5, 5.41) is 5.26. The minimum absolute atomic E-state index is 0.0827. The Hall–Kier alpha value is -1.95. The van der Waals surface area contributed by atoms with Crippen LogP contribution in [0, 0.1) is 12.8 Å². The largest absolute Gasteiger partial charge is 0.339 e. The summed E-state index contributed by atoms with van der Waals surface area (Å²) < 4.78 is 1.87. The Balaban J connectivity index is 1.95. The molecule has 124 valence electrons. The zero-order valence-corrected chi connectivity index (χ0v) is 14.1. The molecular formula is C17H25N5O. The molecule has 0 bridgehead atoms. The molecule has 0 atom stereocenters. The van der Waals surface area contributed by atoms with E-state index in [1.54, 1.807) is 6.20 Å². The average molecular weight is 315 g/mol. The van der Waals surface area contributed by atoms with Crippen LogP contribution in [0.3, 0.4) is 0 Å². The molecule has 0 unspecified atom stereocenters. The molecule has 1 fully saturated rings. The van der Waals surface area contributed by atoms with Gasteiger partial charge in [-0.05, 0) is 52.1 Å². The molecule has 2 aromatic rings. The molecule has 2 N–H and O–H groups in total. The number of likely N-dealkylation sites (tertiary alicyclic amines) is 1. The topological polar surface area (TPSA) is 77.0 Å². The molecule has 0 aromatic carbocycles. The number of aromatic nitrogens is 3. The fraction of sp³-hybridized carbons (Fsp3) is 0.588. The fourth-order valence-corrected chi connectivity index (χ4v) is 3.24. The second-order valence-corrected chi connectivity index (χ2v) is 6.70. The van der Waals surface area contributed by atoms with Gasteiger partial charge in [0.05, 0.1) is 17.1 Å². The van der Waals surface area contributed by atoms with Gasteiger partial charge in [-0.25, -0.2) is 9.67 Å². The maximum atomic E-state index is 13.0. The number of carbonyl (C=O) groups excluding carboxylic acids is 1. The maximum absolute atomic E-state index is 13.0. The third-order valence-corrected chi connectivity index (χ3v) is 4.65. The molecule has 6 heteroatoms. The summed E-state index contributed by atoms with van der Waals surface area (Å²) >= 11 is 0. The molecule has 1 amide bonds. The Morgan fingerprint density at radius 2 is 2.09 bits per heavy atom. The standard InChI is InChI=1S/C17H25N5O/c1-11(2)22-16-15(10-19-22)14(8-12(3)20-16)17(23)21-6-4-13(9-18)5-7-21/h8,10-11,13H,4-7,9,18H2,1-3H3. The van der Waals surface area contributed by atoms with Crippen LogP contribution < -0.4 is 5.73 Å². The third-order valence-electron chi connectivity index (χ3n) is 4.65. The first-order chi connectivity index (χ1) is 11.0. The van der Waals surface area contributed by atoms with Crippen LogP contribution in [0.2, 0.25) is 0 Å². The van der Waals surface area contributed by atoms with Crippen LogP contribution in [0.4, 0.5) is 0 Å². The van der Waals surface area contributed by atoms with Gasteiger partial charge in [0.2, 0.25) is 0 Å². The van der Waals surface area contributed by atoms with E-state index in [2.05, 4.69) is 23.9 Å². The zero-order chi connectivity index (χ0) is 16.6. The Morgan fingerprint density at radius 3 is 2.70 bits per heavy atom. The minimum Gasteiger partial charge on any atom is -0.339 e. The van der Waals surface area contributed by atoms with Gasteiger partial charge in [0.1, 0.15) is 0 Å². The number of amides is 1. The van der Waals surface area contributed by atoms with Crippen LogP contribution in [-0.4, -0.2) is 45.2 Å². The molecule has 1 aliphatic heterocycles. The van der Waals surface area contributed by atoms with Gasteiger partial charge in [0, 0.05) is 24.8 Å². The molecule has 1 aliphatic rings. The predicted octanol–water partition coefficient (Wildman–Crippen LogP) is 2.13. The van der Waals surface area contributed by atoms with Crippen molar-refractivity contribution in [2.75, 3.05) is 19.6 Å². The molecule has 3 rings (SSSR count). The normalized spacial score (nSPS) is 16.5. The van der Waals surface area contributed by atoms with Gasteiger partial charge in [-0.15, -0.1) is 0 Å². The highest BCUT2D eigenvalue weighted by atomic mass is 16.2. The van der Waals surface area contributed by atoms with Crippen LogP contribution in [-0.2, 0) is 0 Å². The van der Waals surface area contributed by atoms with E-state index in [-0.39, 0.29) is 11.9 Å². The van der Waals surface area contributed by atoms with E-state index < -0.39 is 0 Å². The molecule has 0 spiro atoms. The minimum atomic E-state index is 0.0827. The highest BCUT2D eigenvalue weighted by molar-refractivity contribution is 6.05. The van der Waals surface area contributed by atoms with Gasteiger partial charge in [0.25, 0.3) is 5.91 Å². The van der Waals surface area contributed by atoms with E-state index in [4.69, 9.17) is 5.73 Å². The zero-order valence-electron chi connectivity index (χ0n) is 14.1. The average Bonchev–Trinajstić information content (AvgIpc) is 2.97. The molecule has 6 nitrogen and oxygen atoms in total. The van der Waals surface area contributed by atoms with Gasteiger partial charge in [-0.2, -0.15) is 5.10 Å². The number of aryl methyl sites for hydroxylation is 1. The van der Waals surface area contributed by atoms with Crippen molar-refractivity contribution in [3.8, 4) is 0 Å². The number of hydrogen-bond acceptors (Lipinski definition) is 4. The number of hydrogen-bond donors (Lipinski definition) is 1. The molecule has 0 saturated carbocycles. The van der Waals surface area contributed by atoms with E-state index in [1.807, 2.05) is 22.6 Å². The molecule has 0 aliphatic carbocycles. The molecule has 23 heavy (non-hydrogen) atoms. The molecule has 2 aromatic heterocycles. The monoisotopic (exact) mass is 315 g/mol. The van der Waals surface area contributed by atoms with Gasteiger partial charge in [-0.3, -0.25) is 4.79 Å². The number of rotatable bonds is 3. The molecule has 1 saturated heterocycles. The highest BCUT2D eigenvalue weighted by Crippen LogP contribution is 2.24. The molecular weight excluding hydrogens is 290 g/mol. The Morgan fingerprint density at radius 1 is 1.39 bits per heavy atom. The van der Waals surface area contributed by atoms with E-state index >= 15 is 0 Å². The van der Waals surface area contributed by atoms with Crippen LogP contribution in [0.5, 0.6) is 0 Å². The van der Waals surface area contributed by atoms with Crippen LogP contribution >= 0.6 is 0 Å². The van der Waals surface area contributed by atoms with Crippen LogP contribution in [0.25, 0.3) is 11.0 Å². The van der Waals surface area contributed by atoms with E-state index in [1.165, 1.54) is 0 Å². The van der Waals surface area contributed by atoms with Crippen molar-refractivity contribution in [1.82, 2.24) is 19.7 Å². The van der Waals surface area contributed by atoms with Crippen LogP contribution in [0.1, 0.15) is 48.8 Å². The van der Waals surface area contributed by atoms with Gasteiger partial charge in [0.15, 0.2) is 5.65 Å². The first-order valence-electron chi connectivity index (χ1n) is 8.35. The summed E-state index contributed by atoms with van der Waals surface area (Å²) in [5.74, 6) is 0.626. The maximum Gasteiger partial charge on any atom is 0.254 e. The summed E-state index contributed by atoms with van der Waals surface area (Å²) in [6, 6.07) is 2.09.